The number of amides is 1. The number of nitrogens with zero attached hydrogens (tertiary/aromatic N) is 2. The standard InChI is InChI=1S/C31H35F2N2O2.Tl/c1-2-29(37)35(27-14-9-13-25(22-27)31(32)33)30(28(36)15-8-12-23-10-4-3-5-11-23)24-16-18-26(19-17-24)34-20-6-7-21-34;/h1,9,13-14,16-19,22-23,30H,3-8,10-12,15,20-21H2;. The van der Waals surface area contributed by atoms with E-state index >= 15 is 0 Å². The van der Waals surface area contributed by atoms with Gasteiger partial charge in [0.1, 0.15) is 0 Å². The fourth-order valence-electron chi connectivity index (χ4n) is 5.82. The van der Waals surface area contributed by atoms with Gasteiger partial charge in [-0.1, -0.05) is 19.3 Å². The number of carbonyl (C=O) groups excluding carboxylic acids is 2. The summed E-state index contributed by atoms with van der Waals surface area (Å²) in [5, 5.41) is 0. The molecule has 2 fully saturated rings. The SMILES string of the molecule is C#CC(=O)N(c1cccc([C](F)(F)[Tl])c1)C(C(=O)CCCC1CCCCC1)c1ccc(N2CCCC2)cc1. The van der Waals surface area contributed by atoms with Crippen LogP contribution in [0.25, 0.3) is 0 Å². The topological polar surface area (TPSA) is 40.6 Å². The van der Waals surface area contributed by atoms with Crippen molar-refractivity contribution >= 4 is 48.8 Å². The molecule has 2 aliphatic rings. The van der Waals surface area contributed by atoms with Crippen LogP contribution in [-0.2, 0) is 13.1 Å². The van der Waals surface area contributed by atoms with Gasteiger partial charge in [0.25, 0.3) is 0 Å². The summed E-state index contributed by atoms with van der Waals surface area (Å²) in [7, 11) is 0. The van der Waals surface area contributed by atoms with Crippen LogP contribution < -0.4 is 9.80 Å². The third-order valence-corrected chi connectivity index (χ3v) is 9.15. The predicted molar refractivity (Wildman–Crippen MR) is 148 cm³/mol. The van der Waals surface area contributed by atoms with Crippen molar-refractivity contribution in [3.05, 3.63) is 59.7 Å². The number of anilines is 2. The van der Waals surface area contributed by atoms with Crippen molar-refractivity contribution < 1.29 is 18.4 Å². The van der Waals surface area contributed by atoms with Crippen LogP contribution in [0.15, 0.2) is 48.5 Å². The van der Waals surface area contributed by atoms with Crippen molar-refractivity contribution in [1.29, 1.82) is 0 Å². The zero-order chi connectivity index (χ0) is 27.1. The molecule has 1 aliphatic heterocycles. The zero-order valence-electron chi connectivity index (χ0n) is 21.9. The molecule has 4 rings (SSSR count). The van der Waals surface area contributed by atoms with E-state index in [1.807, 2.05) is 24.3 Å². The molecule has 2 aromatic rings. The van der Waals surface area contributed by atoms with E-state index in [1.54, 1.807) is 6.07 Å². The van der Waals surface area contributed by atoms with Gasteiger partial charge < -0.3 is 0 Å². The second kappa shape index (κ2) is 13.2. The Bertz CT molecular complexity index is 1140. The van der Waals surface area contributed by atoms with Gasteiger partial charge in [0.05, 0.1) is 0 Å². The molecule has 1 saturated heterocycles. The van der Waals surface area contributed by atoms with Gasteiger partial charge in [-0.3, -0.25) is 0 Å². The summed E-state index contributed by atoms with van der Waals surface area (Å²) in [4.78, 5) is 30.5. The predicted octanol–water partition coefficient (Wildman–Crippen LogP) is 6.53. The van der Waals surface area contributed by atoms with E-state index in [2.05, 4.69) is 10.8 Å². The Balaban J connectivity index is 1.66. The first-order chi connectivity index (χ1) is 18.3. The van der Waals surface area contributed by atoms with Crippen LogP contribution in [0.2, 0.25) is 0 Å². The molecule has 0 radical (unpaired) electrons. The number of ketones is 1. The van der Waals surface area contributed by atoms with Gasteiger partial charge in [-0.15, -0.1) is 0 Å². The van der Waals surface area contributed by atoms with Gasteiger partial charge in [-0.25, -0.2) is 0 Å². The molecule has 4 nitrogen and oxygen atoms in total. The number of alkyl halides is 2. The normalized spacial score (nSPS) is 17.1. The van der Waals surface area contributed by atoms with Crippen LogP contribution in [0.4, 0.5) is 20.2 Å². The molecule has 0 aromatic heterocycles. The van der Waals surface area contributed by atoms with Crippen LogP contribution >= 0.6 is 0 Å². The van der Waals surface area contributed by atoms with E-state index in [0.717, 1.165) is 44.5 Å². The van der Waals surface area contributed by atoms with E-state index in [9.17, 15) is 18.4 Å². The summed E-state index contributed by atoms with van der Waals surface area (Å²) in [6.45, 7) is 1.99. The van der Waals surface area contributed by atoms with Crippen molar-refractivity contribution in [2.24, 2.45) is 5.92 Å². The molecule has 1 saturated carbocycles. The van der Waals surface area contributed by atoms with Gasteiger partial charge in [-0.2, -0.15) is 0 Å². The Labute approximate surface area is 240 Å². The number of hydrogen-bond acceptors (Lipinski definition) is 3. The first-order valence-electron chi connectivity index (χ1n) is 13.7. The maximum atomic E-state index is 14.3. The molecule has 0 spiro atoms. The Morgan fingerprint density at radius 3 is 2.37 bits per heavy atom. The van der Waals surface area contributed by atoms with E-state index in [0.29, 0.717) is 17.9 Å². The molecule has 0 bridgehead atoms. The summed E-state index contributed by atoms with van der Waals surface area (Å²) in [5.74, 6) is 1.95. The molecule has 7 heteroatoms. The van der Waals surface area contributed by atoms with Gasteiger partial charge in [-0.05, 0) is 12.8 Å². The summed E-state index contributed by atoms with van der Waals surface area (Å²) < 4.78 is 25.6. The Morgan fingerprint density at radius 2 is 1.74 bits per heavy atom. The second-order valence-electron chi connectivity index (χ2n) is 10.5. The quantitative estimate of drug-likeness (QED) is 0.208. The summed E-state index contributed by atoms with van der Waals surface area (Å²) in [5.41, 5.74) is 1.77. The van der Waals surface area contributed by atoms with E-state index in [1.165, 1.54) is 55.2 Å². The van der Waals surface area contributed by atoms with E-state index < -0.39 is 41.2 Å². The monoisotopic (exact) mass is 710 g/mol. The van der Waals surface area contributed by atoms with Crippen LogP contribution in [0, 0.1) is 18.3 Å². The number of Topliss-reactive ketones (excluding diaryl/α,β-unsaturated/α-hetero) is 1. The van der Waals surface area contributed by atoms with Crippen molar-refractivity contribution in [2.45, 2.75) is 73.7 Å². The third-order valence-electron chi connectivity index (χ3n) is 7.85. The number of terminal acetylenes is 1. The number of hydrogen-bond donors (Lipinski definition) is 0. The fourth-order valence-corrected chi connectivity index (χ4v) is 6.51. The average molecular weight is 710 g/mol. The molecule has 198 valence electrons. The average Bonchev–Trinajstić information content (AvgIpc) is 3.47. The summed E-state index contributed by atoms with van der Waals surface area (Å²) >= 11 is -0.602. The van der Waals surface area contributed by atoms with Gasteiger partial charge >= 0.3 is 210 Å². The molecule has 1 heterocycles. The van der Waals surface area contributed by atoms with Crippen LogP contribution in [0.1, 0.15) is 81.4 Å². The first-order valence-corrected chi connectivity index (χ1v) is 16.0. The minimum absolute atomic E-state index is 0.122. The molecular weight excluding hydrogens is 675 g/mol. The van der Waals surface area contributed by atoms with Gasteiger partial charge in [0, 0.05) is 0 Å². The molecule has 0 N–H and O–H groups in total. The molecule has 1 amide bonds. The van der Waals surface area contributed by atoms with Crippen molar-refractivity contribution in [2.75, 3.05) is 22.9 Å². The molecule has 38 heavy (non-hydrogen) atoms. The van der Waals surface area contributed by atoms with Gasteiger partial charge in [0.15, 0.2) is 0 Å². The van der Waals surface area contributed by atoms with E-state index in [-0.39, 0.29) is 17.0 Å². The first kappa shape index (κ1) is 28.7. The second-order valence-corrected chi connectivity index (χ2v) is 13.4. The number of benzene rings is 2. The maximum absolute atomic E-state index is 14.3. The fraction of sp³-hybridized carbons (Fsp3) is 0.484. The summed E-state index contributed by atoms with van der Waals surface area (Å²) in [6, 6.07) is 12.5. The number of rotatable bonds is 10. The molecule has 1 atom stereocenters. The molecule has 1 unspecified atom stereocenters. The summed E-state index contributed by atoms with van der Waals surface area (Å²) in [6.07, 6.45) is 16.1. The third kappa shape index (κ3) is 7.22. The zero-order valence-corrected chi connectivity index (χ0v) is 26.4. The van der Waals surface area contributed by atoms with Gasteiger partial charge in [0.2, 0.25) is 0 Å². The van der Waals surface area contributed by atoms with Crippen molar-refractivity contribution in [1.82, 2.24) is 0 Å². The number of carbonyl (C=O) groups is 2. The molecule has 2 aromatic carbocycles. The minimum atomic E-state index is -2.93. The Kier molecular flexibility index (Phi) is 9.97. The Morgan fingerprint density at radius 1 is 1.05 bits per heavy atom. The Hall–Kier alpha value is -2.28. The van der Waals surface area contributed by atoms with Crippen LogP contribution in [0.3, 0.4) is 0 Å². The molecular formula is C31H35F2N2O2Tl. The van der Waals surface area contributed by atoms with Crippen LogP contribution in [-0.4, -0.2) is 50.5 Å². The van der Waals surface area contributed by atoms with Crippen LogP contribution in [0.5, 0.6) is 0 Å². The molecule has 1 aliphatic carbocycles. The van der Waals surface area contributed by atoms with E-state index in [4.69, 9.17) is 6.42 Å². The number of halogens is 2. The van der Waals surface area contributed by atoms with Crippen molar-refractivity contribution in [3.63, 3.8) is 0 Å². The van der Waals surface area contributed by atoms with Crippen molar-refractivity contribution in [3.8, 4) is 12.3 Å².